The zero-order valence-electron chi connectivity index (χ0n) is 4.66. The van der Waals surface area contributed by atoms with Crippen LogP contribution in [0.5, 0.6) is 0 Å². The Kier molecular flexibility index (Phi) is 25.0. The summed E-state index contributed by atoms with van der Waals surface area (Å²) in [5.74, 6) is -0.914. The number of carboxylic acid groups (broad SMARTS) is 1. The molecule has 0 atom stereocenters. The molecule has 0 heterocycles. The molecule has 2 nitrogen and oxygen atoms in total. The fourth-order valence-corrected chi connectivity index (χ4v) is 0.249. The van der Waals surface area contributed by atoms with Crippen LogP contribution in [0.1, 0.15) is 6.92 Å². The van der Waals surface area contributed by atoms with Gasteiger partial charge in [0.15, 0.2) is 0 Å². The van der Waals surface area contributed by atoms with Gasteiger partial charge < -0.3 is 5.11 Å². The van der Waals surface area contributed by atoms with Crippen molar-refractivity contribution in [1.82, 2.24) is 0 Å². The number of rotatable bonds is 2. The average molecular weight is 192 g/mol. The minimum absolute atomic E-state index is 0. The molecule has 0 aromatic rings. The molecule has 0 aliphatic carbocycles. The van der Waals surface area contributed by atoms with Crippen molar-refractivity contribution < 1.29 is 9.90 Å². The molecule has 0 aromatic heterocycles. The zero-order valence-corrected chi connectivity index (χ0v) is 4.66. The SMILES string of the molecule is C/C=C/C=C/C(=O)O.[KH].[KH]. The molecule has 0 bridgehead atoms. The molecule has 0 radical (unpaired) electrons. The van der Waals surface area contributed by atoms with Crippen LogP contribution in [0.4, 0.5) is 0 Å². The fraction of sp³-hybridized carbons (Fsp3) is 0.167. The van der Waals surface area contributed by atoms with Gasteiger partial charge in [-0.2, -0.15) is 0 Å². The molecular weight excluding hydrogens is 182 g/mol. The summed E-state index contributed by atoms with van der Waals surface area (Å²) in [6, 6.07) is 0. The van der Waals surface area contributed by atoms with Gasteiger partial charge in [-0.25, -0.2) is 4.79 Å². The molecule has 1 N–H and O–H groups in total. The molecule has 4 heteroatoms. The third kappa shape index (κ3) is 16.7. The van der Waals surface area contributed by atoms with Crippen LogP contribution in [0.25, 0.3) is 0 Å². The van der Waals surface area contributed by atoms with E-state index < -0.39 is 5.97 Å². The van der Waals surface area contributed by atoms with Gasteiger partial charge in [-0.1, -0.05) is 18.2 Å². The van der Waals surface area contributed by atoms with Gasteiger partial charge in [0.05, 0.1) is 0 Å². The van der Waals surface area contributed by atoms with E-state index in [9.17, 15) is 4.79 Å². The van der Waals surface area contributed by atoms with E-state index >= 15 is 0 Å². The van der Waals surface area contributed by atoms with Gasteiger partial charge in [0.25, 0.3) is 0 Å². The first-order chi connectivity index (χ1) is 3.77. The molecule has 0 fully saturated rings. The van der Waals surface area contributed by atoms with E-state index in [-0.39, 0.29) is 103 Å². The Hall–Kier alpha value is 2.22. The maximum absolute atomic E-state index is 9.75. The van der Waals surface area contributed by atoms with Crippen molar-refractivity contribution >= 4 is 109 Å². The van der Waals surface area contributed by atoms with Gasteiger partial charge in [0.2, 0.25) is 0 Å². The summed E-state index contributed by atoms with van der Waals surface area (Å²) in [4.78, 5) is 9.75. The fourth-order valence-electron chi connectivity index (χ4n) is 0.249. The van der Waals surface area contributed by atoms with Gasteiger partial charge in [-0.15, -0.1) is 0 Å². The van der Waals surface area contributed by atoms with E-state index in [4.69, 9.17) is 5.11 Å². The number of allylic oxidation sites excluding steroid dienone is 3. The molecule has 0 amide bonds. The Labute approximate surface area is 146 Å². The van der Waals surface area contributed by atoms with Crippen molar-refractivity contribution in [3.05, 3.63) is 24.3 Å². The van der Waals surface area contributed by atoms with E-state index in [0.29, 0.717) is 0 Å². The van der Waals surface area contributed by atoms with Crippen LogP contribution in [-0.2, 0) is 4.79 Å². The molecule has 0 rings (SSSR count). The van der Waals surface area contributed by atoms with Gasteiger partial charge in [-0.3, -0.25) is 0 Å². The van der Waals surface area contributed by atoms with Crippen molar-refractivity contribution in [3.63, 3.8) is 0 Å². The second-order valence-electron chi connectivity index (χ2n) is 1.22. The minimum atomic E-state index is -0.914. The Morgan fingerprint density at radius 3 is 2.10 bits per heavy atom. The van der Waals surface area contributed by atoms with Gasteiger partial charge in [-0.05, 0) is 6.92 Å². The molecule has 0 aliphatic rings. The summed E-state index contributed by atoms with van der Waals surface area (Å²) in [7, 11) is 0. The van der Waals surface area contributed by atoms with Crippen LogP contribution in [0.3, 0.4) is 0 Å². The normalized spacial score (nSPS) is 8.90. The predicted octanol–water partition coefficient (Wildman–Crippen LogP) is -0.0937. The van der Waals surface area contributed by atoms with Crippen LogP contribution in [0.15, 0.2) is 24.3 Å². The zero-order chi connectivity index (χ0) is 6.41. The third-order valence-corrected chi connectivity index (χ3v) is 0.542. The molecule has 10 heavy (non-hydrogen) atoms. The number of carboxylic acids is 1. The van der Waals surface area contributed by atoms with E-state index in [2.05, 4.69) is 0 Å². The quantitative estimate of drug-likeness (QED) is 0.377. The van der Waals surface area contributed by atoms with Crippen LogP contribution < -0.4 is 0 Å². The molecule has 0 aromatic carbocycles. The standard InChI is InChI=1S/C6H8O2.2K.2H/c1-2-3-4-5-6(7)8;;;;/h2-5H,1H3,(H,7,8);;;;/b3-2+,5-4+;;;;. The van der Waals surface area contributed by atoms with Gasteiger partial charge >= 0.3 is 109 Å². The summed E-state index contributed by atoms with van der Waals surface area (Å²) in [5, 5.41) is 8.02. The van der Waals surface area contributed by atoms with Crippen molar-refractivity contribution in [3.8, 4) is 0 Å². The number of aliphatic carboxylic acids is 1. The topological polar surface area (TPSA) is 37.3 Å². The first-order valence-electron chi connectivity index (χ1n) is 2.29. The number of carbonyl (C=O) groups is 1. The van der Waals surface area contributed by atoms with Crippen LogP contribution in [-0.4, -0.2) is 114 Å². The van der Waals surface area contributed by atoms with Crippen LogP contribution in [0, 0.1) is 0 Å². The van der Waals surface area contributed by atoms with Crippen molar-refractivity contribution in [2.75, 3.05) is 0 Å². The molecule has 0 saturated carbocycles. The summed E-state index contributed by atoms with van der Waals surface area (Å²) < 4.78 is 0. The summed E-state index contributed by atoms with van der Waals surface area (Å²) in [6.45, 7) is 1.83. The van der Waals surface area contributed by atoms with Gasteiger partial charge in [0.1, 0.15) is 0 Å². The van der Waals surface area contributed by atoms with E-state index in [0.717, 1.165) is 6.08 Å². The van der Waals surface area contributed by atoms with Gasteiger partial charge in [0, 0.05) is 6.08 Å². The van der Waals surface area contributed by atoms with Crippen molar-refractivity contribution in [2.24, 2.45) is 0 Å². The Morgan fingerprint density at radius 2 is 1.80 bits per heavy atom. The first kappa shape index (κ1) is 18.1. The van der Waals surface area contributed by atoms with E-state index in [1.807, 2.05) is 6.92 Å². The summed E-state index contributed by atoms with van der Waals surface area (Å²) >= 11 is 0. The number of hydrogen-bond donors (Lipinski definition) is 1. The monoisotopic (exact) mass is 192 g/mol. The second kappa shape index (κ2) is 13.8. The van der Waals surface area contributed by atoms with E-state index in [1.165, 1.54) is 6.08 Å². The molecule has 0 saturated heterocycles. The molecule has 48 valence electrons. The Bertz CT molecular complexity index is 130. The predicted molar refractivity (Wildman–Crippen MR) is 45.9 cm³/mol. The molecule has 0 spiro atoms. The van der Waals surface area contributed by atoms with E-state index in [1.54, 1.807) is 12.2 Å². The molecule has 0 aliphatic heterocycles. The van der Waals surface area contributed by atoms with Crippen molar-refractivity contribution in [1.29, 1.82) is 0 Å². The maximum atomic E-state index is 9.75. The Morgan fingerprint density at radius 1 is 1.30 bits per heavy atom. The molecular formula is C6H10K2O2. The van der Waals surface area contributed by atoms with Crippen molar-refractivity contribution in [2.45, 2.75) is 6.92 Å². The molecule has 0 unspecified atom stereocenters. The second-order valence-corrected chi connectivity index (χ2v) is 1.22. The number of hydrogen-bond acceptors (Lipinski definition) is 1. The Balaban J connectivity index is -0.000000245. The first-order valence-corrected chi connectivity index (χ1v) is 2.29. The summed E-state index contributed by atoms with van der Waals surface area (Å²) in [5.41, 5.74) is 0. The van der Waals surface area contributed by atoms with Crippen LogP contribution >= 0.6 is 0 Å². The third-order valence-electron chi connectivity index (χ3n) is 0.542. The van der Waals surface area contributed by atoms with Crippen LogP contribution in [0.2, 0.25) is 0 Å². The average Bonchev–Trinajstić information content (AvgIpc) is 1.66. The summed E-state index contributed by atoms with van der Waals surface area (Å²) in [6.07, 6.45) is 5.98.